The normalized spacial score (nSPS) is 20.1. The van der Waals surface area contributed by atoms with Crippen LogP contribution in [-0.2, 0) is 14.8 Å². The van der Waals surface area contributed by atoms with E-state index in [2.05, 4.69) is 10.0 Å². The van der Waals surface area contributed by atoms with Crippen molar-refractivity contribution in [1.82, 2.24) is 10.0 Å². The quantitative estimate of drug-likeness (QED) is 0.496. The summed E-state index contributed by atoms with van der Waals surface area (Å²) < 4.78 is 40.8. The van der Waals surface area contributed by atoms with Crippen molar-refractivity contribution < 1.29 is 22.5 Å². The first-order valence-electron chi connectivity index (χ1n) is 9.98. The number of nitro groups is 1. The van der Waals surface area contributed by atoms with Crippen molar-refractivity contribution in [3.8, 4) is 0 Å². The van der Waals surface area contributed by atoms with E-state index < -0.39 is 14.9 Å². The van der Waals surface area contributed by atoms with Crippen LogP contribution in [0.5, 0.6) is 0 Å². The van der Waals surface area contributed by atoms with Crippen molar-refractivity contribution in [3.63, 3.8) is 0 Å². The molecule has 0 spiro atoms. The molecule has 3 rings (SSSR count). The summed E-state index contributed by atoms with van der Waals surface area (Å²) in [4.78, 5) is 22.7. The van der Waals surface area contributed by atoms with Crippen molar-refractivity contribution in [3.05, 3.63) is 70.0 Å². The highest BCUT2D eigenvalue weighted by Gasteiger charge is 2.30. The van der Waals surface area contributed by atoms with Gasteiger partial charge in [-0.05, 0) is 62.4 Å². The molecule has 10 heteroatoms. The Bertz CT molecular complexity index is 1030. The molecule has 0 bridgehead atoms. The van der Waals surface area contributed by atoms with Gasteiger partial charge in [0.05, 0.1) is 15.9 Å². The Labute approximate surface area is 180 Å². The van der Waals surface area contributed by atoms with Gasteiger partial charge < -0.3 is 5.32 Å². The summed E-state index contributed by atoms with van der Waals surface area (Å²) in [5.74, 6) is -0.659. The molecule has 1 aliphatic rings. The Balaban J connectivity index is 1.52. The summed E-state index contributed by atoms with van der Waals surface area (Å²) in [5.41, 5.74) is 0.625. The predicted octanol–water partition coefficient (Wildman–Crippen LogP) is 3.45. The summed E-state index contributed by atoms with van der Waals surface area (Å²) in [6.07, 6.45) is 2.09. The van der Waals surface area contributed by atoms with Crippen LogP contribution < -0.4 is 10.0 Å². The SMILES string of the molecule is C[C@@H](NC(=O)[C@H]1CC[C@H](NS(=O)(=O)c2ccc([N+](=O)[O-])cc2)CC1)c1ccc(F)cc1. The van der Waals surface area contributed by atoms with Gasteiger partial charge >= 0.3 is 0 Å². The standard InChI is InChI=1S/C21H24FN3O5S/c1-14(15-2-6-17(22)7-3-15)23-21(26)16-4-8-18(9-5-16)24-31(29,30)20-12-10-19(11-13-20)25(27)28/h2-3,6-7,10-14,16,18,24H,4-5,8-9H2,1H3,(H,23,26)/t14-,16-,18-/m1/s1. The molecule has 1 atom stereocenters. The zero-order valence-electron chi connectivity index (χ0n) is 17.0. The van der Waals surface area contributed by atoms with Gasteiger partial charge in [0.1, 0.15) is 5.82 Å². The van der Waals surface area contributed by atoms with Crippen LogP contribution >= 0.6 is 0 Å². The number of carbonyl (C=O) groups excluding carboxylic acids is 1. The van der Waals surface area contributed by atoms with E-state index in [4.69, 9.17) is 0 Å². The lowest BCUT2D eigenvalue weighted by atomic mass is 9.85. The third-order valence-corrected chi connectivity index (χ3v) is 7.04. The molecule has 0 aromatic heterocycles. The van der Waals surface area contributed by atoms with Gasteiger partial charge in [-0.1, -0.05) is 12.1 Å². The van der Waals surface area contributed by atoms with E-state index in [1.165, 1.54) is 24.3 Å². The number of hydrogen-bond donors (Lipinski definition) is 2. The Kier molecular flexibility index (Phi) is 7.01. The van der Waals surface area contributed by atoms with Crippen molar-refractivity contribution >= 4 is 21.6 Å². The predicted molar refractivity (Wildman–Crippen MR) is 112 cm³/mol. The number of nitrogens with zero attached hydrogens (tertiary/aromatic N) is 1. The second-order valence-electron chi connectivity index (χ2n) is 7.70. The van der Waals surface area contributed by atoms with Crippen LogP contribution in [0.4, 0.5) is 10.1 Å². The molecule has 166 valence electrons. The fourth-order valence-corrected chi connectivity index (χ4v) is 4.98. The summed E-state index contributed by atoms with van der Waals surface area (Å²) in [5, 5.41) is 13.7. The summed E-state index contributed by atoms with van der Waals surface area (Å²) in [6, 6.07) is 10.1. The fourth-order valence-electron chi connectivity index (χ4n) is 3.67. The average Bonchev–Trinajstić information content (AvgIpc) is 2.74. The number of sulfonamides is 1. The minimum atomic E-state index is -3.80. The Morgan fingerprint density at radius 1 is 1.06 bits per heavy atom. The topological polar surface area (TPSA) is 118 Å². The number of nitro benzene ring substituents is 1. The molecule has 0 heterocycles. The molecule has 1 saturated carbocycles. The number of halogens is 1. The van der Waals surface area contributed by atoms with Gasteiger partial charge in [0.2, 0.25) is 15.9 Å². The van der Waals surface area contributed by atoms with E-state index >= 15 is 0 Å². The molecule has 0 saturated heterocycles. The van der Waals surface area contributed by atoms with Crippen molar-refractivity contribution in [2.45, 2.75) is 49.6 Å². The summed E-state index contributed by atoms with van der Waals surface area (Å²) in [6.45, 7) is 1.83. The highest BCUT2D eigenvalue weighted by atomic mass is 32.2. The average molecular weight is 450 g/mol. The molecule has 8 nitrogen and oxygen atoms in total. The number of hydrogen-bond acceptors (Lipinski definition) is 5. The maximum atomic E-state index is 13.1. The van der Waals surface area contributed by atoms with Crippen LogP contribution in [0.2, 0.25) is 0 Å². The van der Waals surface area contributed by atoms with Crippen molar-refractivity contribution in [2.24, 2.45) is 5.92 Å². The van der Waals surface area contributed by atoms with Gasteiger partial charge in [0.25, 0.3) is 5.69 Å². The molecular weight excluding hydrogens is 425 g/mol. The molecule has 0 aliphatic heterocycles. The molecule has 0 unspecified atom stereocenters. The zero-order valence-corrected chi connectivity index (χ0v) is 17.8. The first kappa shape index (κ1) is 22.8. The van der Waals surface area contributed by atoms with Gasteiger partial charge in [-0.15, -0.1) is 0 Å². The van der Waals surface area contributed by atoms with Crippen LogP contribution in [0.15, 0.2) is 53.4 Å². The van der Waals surface area contributed by atoms with E-state index in [9.17, 15) is 27.7 Å². The van der Waals surface area contributed by atoms with E-state index in [0.717, 1.165) is 17.7 Å². The monoisotopic (exact) mass is 449 g/mol. The smallest absolute Gasteiger partial charge is 0.269 e. The highest BCUT2D eigenvalue weighted by Crippen LogP contribution is 2.27. The molecule has 31 heavy (non-hydrogen) atoms. The molecule has 2 aromatic rings. The Morgan fingerprint density at radius 3 is 2.19 bits per heavy atom. The molecule has 2 aromatic carbocycles. The third kappa shape index (κ3) is 5.86. The number of benzene rings is 2. The fraction of sp³-hybridized carbons (Fsp3) is 0.381. The van der Waals surface area contributed by atoms with Crippen LogP contribution in [0.25, 0.3) is 0 Å². The lowest BCUT2D eigenvalue weighted by Crippen LogP contribution is -2.41. The molecule has 1 amide bonds. The lowest BCUT2D eigenvalue weighted by molar-refractivity contribution is -0.384. The van der Waals surface area contributed by atoms with Crippen molar-refractivity contribution in [1.29, 1.82) is 0 Å². The first-order chi connectivity index (χ1) is 14.7. The van der Waals surface area contributed by atoms with Gasteiger partial charge in [-0.2, -0.15) is 0 Å². The minimum absolute atomic E-state index is 0.0360. The Hall–Kier alpha value is -2.85. The van der Waals surface area contributed by atoms with Crippen LogP contribution in [-0.4, -0.2) is 25.3 Å². The Morgan fingerprint density at radius 2 is 1.65 bits per heavy atom. The third-order valence-electron chi connectivity index (χ3n) is 5.51. The zero-order chi connectivity index (χ0) is 22.6. The molecule has 1 fully saturated rings. The molecule has 2 N–H and O–H groups in total. The number of amides is 1. The lowest BCUT2D eigenvalue weighted by Gasteiger charge is -2.29. The molecular formula is C21H24FN3O5S. The van der Waals surface area contributed by atoms with E-state index in [-0.39, 0.29) is 40.3 Å². The number of nitrogens with one attached hydrogen (secondary N) is 2. The number of rotatable bonds is 7. The largest absolute Gasteiger partial charge is 0.349 e. The maximum Gasteiger partial charge on any atom is 0.269 e. The van der Waals surface area contributed by atoms with Gasteiger partial charge in [-0.25, -0.2) is 17.5 Å². The van der Waals surface area contributed by atoms with Gasteiger partial charge in [0, 0.05) is 24.1 Å². The van der Waals surface area contributed by atoms with Crippen LogP contribution in [0, 0.1) is 21.8 Å². The van der Waals surface area contributed by atoms with Crippen LogP contribution in [0.1, 0.15) is 44.2 Å². The molecule has 0 radical (unpaired) electrons. The van der Waals surface area contributed by atoms with Crippen molar-refractivity contribution in [2.75, 3.05) is 0 Å². The van der Waals surface area contributed by atoms with E-state index in [1.807, 2.05) is 6.92 Å². The number of non-ortho nitro benzene ring substituents is 1. The highest BCUT2D eigenvalue weighted by molar-refractivity contribution is 7.89. The van der Waals surface area contributed by atoms with E-state index in [0.29, 0.717) is 25.7 Å². The second kappa shape index (κ2) is 9.52. The van der Waals surface area contributed by atoms with Gasteiger partial charge in [0.15, 0.2) is 0 Å². The number of carbonyl (C=O) groups is 1. The van der Waals surface area contributed by atoms with E-state index in [1.54, 1.807) is 12.1 Å². The summed E-state index contributed by atoms with van der Waals surface area (Å²) in [7, 11) is -3.80. The van der Waals surface area contributed by atoms with Gasteiger partial charge in [-0.3, -0.25) is 14.9 Å². The minimum Gasteiger partial charge on any atom is -0.349 e. The maximum absolute atomic E-state index is 13.1. The summed E-state index contributed by atoms with van der Waals surface area (Å²) >= 11 is 0. The molecule has 1 aliphatic carbocycles. The van der Waals surface area contributed by atoms with Crippen LogP contribution in [0.3, 0.4) is 0 Å². The second-order valence-corrected chi connectivity index (χ2v) is 9.42. The first-order valence-corrected chi connectivity index (χ1v) is 11.5.